The van der Waals surface area contributed by atoms with Crippen LogP contribution in [0.5, 0.6) is 5.75 Å². The monoisotopic (exact) mass is 377 g/mol. The average molecular weight is 378 g/mol. The van der Waals surface area contributed by atoms with Crippen LogP contribution in [0.15, 0.2) is 27.7 Å². The first-order chi connectivity index (χ1) is 11.0. The van der Waals surface area contributed by atoms with Crippen LogP contribution in [0.1, 0.15) is 44.1 Å². The maximum absolute atomic E-state index is 13.1. The van der Waals surface area contributed by atoms with Gasteiger partial charge in [-0.15, -0.1) is 0 Å². The fraction of sp³-hybridized carbons (Fsp3) is 0.529. The minimum Gasteiger partial charge on any atom is -0.487 e. The molecule has 1 aromatic carbocycles. The van der Waals surface area contributed by atoms with Gasteiger partial charge in [0.05, 0.1) is 0 Å². The summed E-state index contributed by atoms with van der Waals surface area (Å²) in [5, 5.41) is 0. The topological polar surface area (TPSA) is 67.9 Å². The number of carbonyl (C=O) groups excluding carboxylic acids is 1. The van der Waals surface area contributed by atoms with Crippen molar-refractivity contribution in [3.63, 3.8) is 0 Å². The van der Waals surface area contributed by atoms with Crippen molar-refractivity contribution in [2.45, 2.75) is 49.7 Å². The minimum atomic E-state index is -0.937. The highest BCUT2D eigenvalue weighted by atomic mass is 79.9. The van der Waals surface area contributed by atoms with E-state index in [2.05, 4.69) is 20.9 Å². The summed E-state index contributed by atoms with van der Waals surface area (Å²) in [6, 6.07) is 5.83. The van der Waals surface area contributed by atoms with Crippen LogP contribution in [0.3, 0.4) is 0 Å². The van der Waals surface area contributed by atoms with Crippen LogP contribution in [0.25, 0.3) is 0 Å². The van der Waals surface area contributed by atoms with Gasteiger partial charge < -0.3 is 10.5 Å². The van der Waals surface area contributed by atoms with E-state index in [1.165, 1.54) is 11.3 Å². The Hall–Kier alpha value is -1.56. The number of fused-ring (bicyclic) bond motifs is 2. The molecule has 2 aliphatic heterocycles. The van der Waals surface area contributed by atoms with Gasteiger partial charge in [0.25, 0.3) is 5.91 Å². The molecule has 1 aromatic rings. The zero-order chi connectivity index (χ0) is 16.2. The molecule has 1 atom stereocenters. The van der Waals surface area contributed by atoms with Gasteiger partial charge in [-0.3, -0.25) is 9.69 Å². The maximum Gasteiger partial charge on any atom is 0.261 e. The van der Waals surface area contributed by atoms with Gasteiger partial charge in [0.15, 0.2) is 11.5 Å². The Labute approximate surface area is 144 Å². The predicted octanol–water partition coefficient (Wildman–Crippen LogP) is 2.92. The number of ether oxygens (including phenoxy) is 1. The van der Waals surface area contributed by atoms with Gasteiger partial charge in [-0.2, -0.15) is 0 Å². The van der Waals surface area contributed by atoms with E-state index < -0.39 is 5.54 Å². The van der Waals surface area contributed by atoms with Crippen LogP contribution in [0.2, 0.25) is 0 Å². The van der Waals surface area contributed by atoms with Crippen LogP contribution >= 0.6 is 15.9 Å². The van der Waals surface area contributed by atoms with E-state index in [0.717, 1.165) is 41.5 Å². The van der Waals surface area contributed by atoms with E-state index in [-0.39, 0.29) is 17.5 Å². The van der Waals surface area contributed by atoms with E-state index in [1.54, 1.807) is 7.05 Å². The maximum atomic E-state index is 13.1. The smallest absolute Gasteiger partial charge is 0.261 e. The van der Waals surface area contributed by atoms with Gasteiger partial charge in [-0.05, 0) is 43.9 Å². The Bertz CT molecular complexity index is 712. The van der Waals surface area contributed by atoms with Gasteiger partial charge in [-0.1, -0.05) is 22.4 Å². The molecular weight excluding hydrogens is 358 g/mol. The number of aliphatic imine (C=N–C) groups is 1. The standard InChI is InChI=1S/C17H20BrN3O2/c1-21-14(22)17(20-15(21)19)10-16(7-3-2-4-8-16)23-13-6-5-11(18)9-12(13)17/h5-6,9H,2-4,7-8,10H2,1H3,(H2,19,20). The number of benzene rings is 1. The molecule has 0 aromatic heterocycles. The molecule has 2 spiro atoms. The van der Waals surface area contributed by atoms with Crippen LogP contribution in [-0.4, -0.2) is 29.4 Å². The van der Waals surface area contributed by atoms with Crippen LogP contribution in [0, 0.1) is 0 Å². The second-order valence-electron chi connectivity index (χ2n) is 6.86. The lowest BCUT2D eigenvalue weighted by Crippen LogP contribution is -2.52. The highest BCUT2D eigenvalue weighted by molar-refractivity contribution is 9.10. The third kappa shape index (κ3) is 2.11. The van der Waals surface area contributed by atoms with Gasteiger partial charge in [0.2, 0.25) is 0 Å². The lowest BCUT2D eigenvalue weighted by molar-refractivity contribution is -0.135. The van der Waals surface area contributed by atoms with Gasteiger partial charge in [0.1, 0.15) is 11.4 Å². The molecule has 0 bridgehead atoms. The average Bonchev–Trinajstić information content (AvgIpc) is 2.74. The highest BCUT2D eigenvalue weighted by Gasteiger charge is 2.58. The number of nitrogens with zero attached hydrogens (tertiary/aromatic N) is 2. The van der Waals surface area contributed by atoms with Crippen molar-refractivity contribution in [2.24, 2.45) is 10.7 Å². The summed E-state index contributed by atoms with van der Waals surface area (Å²) >= 11 is 3.50. The van der Waals surface area contributed by atoms with Crippen molar-refractivity contribution in [1.82, 2.24) is 4.90 Å². The van der Waals surface area contributed by atoms with Crippen molar-refractivity contribution in [1.29, 1.82) is 0 Å². The number of hydrogen-bond acceptors (Lipinski definition) is 4. The number of carbonyl (C=O) groups is 1. The molecule has 5 nitrogen and oxygen atoms in total. The Morgan fingerprint density at radius 2 is 2.04 bits per heavy atom. The third-order valence-electron chi connectivity index (χ3n) is 5.36. The molecule has 1 fully saturated rings. The second-order valence-corrected chi connectivity index (χ2v) is 7.77. The molecule has 23 heavy (non-hydrogen) atoms. The number of likely N-dealkylation sites (N-methyl/N-ethyl adjacent to an activating group) is 1. The molecule has 0 radical (unpaired) electrons. The van der Waals surface area contributed by atoms with E-state index >= 15 is 0 Å². The summed E-state index contributed by atoms with van der Waals surface area (Å²) in [5.74, 6) is 0.998. The summed E-state index contributed by atoms with van der Waals surface area (Å²) in [6.45, 7) is 0. The number of hydrogen-bond donors (Lipinski definition) is 1. The first-order valence-corrected chi connectivity index (χ1v) is 8.88. The predicted molar refractivity (Wildman–Crippen MR) is 91.3 cm³/mol. The van der Waals surface area contributed by atoms with Crippen LogP contribution in [0.4, 0.5) is 0 Å². The number of nitrogens with two attached hydrogens (primary N) is 1. The first kappa shape index (κ1) is 15.0. The van der Waals surface area contributed by atoms with Crippen molar-refractivity contribution in [3.05, 3.63) is 28.2 Å². The third-order valence-corrected chi connectivity index (χ3v) is 5.86. The van der Waals surface area contributed by atoms with Crippen LogP contribution < -0.4 is 10.5 Å². The Kier molecular flexibility index (Phi) is 3.24. The van der Waals surface area contributed by atoms with Crippen molar-refractivity contribution >= 4 is 27.8 Å². The van der Waals surface area contributed by atoms with Gasteiger partial charge in [-0.25, -0.2) is 4.99 Å². The number of rotatable bonds is 0. The lowest BCUT2D eigenvalue weighted by atomic mass is 9.70. The molecule has 6 heteroatoms. The minimum absolute atomic E-state index is 0.0531. The van der Waals surface area contributed by atoms with Gasteiger partial charge >= 0.3 is 0 Å². The SMILES string of the molecule is CN1C(=O)C2(CC3(CCCCC3)Oc3ccc(Br)cc32)N=C1N. The Morgan fingerprint density at radius 1 is 1.30 bits per heavy atom. The number of guanidine groups is 1. The molecule has 2 heterocycles. The Balaban J connectivity index is 1.91. The molecule has 4 rings (SSSR count). The molecule has 3 aliphatic rings. The van der Waals surface area contributed by atoms with E-state index in [0.29, 0.717) is 6.42 Å². The number of halogens is 1. The summed E-state index contributed by atoms with van der Waals surface area (Å²) in [5.41, 5.74) is 5.57. The first-order valence-electron chi connectivity index (χ1n) is 8.08. The molecule has 1 aliphatic carbocycles. The second kappa shape index (κ2) is 4.97. The highest BCUT2D eigenvalue weighted by Crippen LogP contribution is 2.53. The summed E-state index contributed by atoms with van der Waals surface area (Å²) in [4.78, 5) is 19.2. The van der Waals surface area contributed by atoms with Crippen LogP contribution in [-0.2, 0) is 10.3 Å². The molecule has 1 unspecified atom stereocenters. The lowest BCUT2D eigenvalue weighted by Gasteiger charge is -2.46. The molecule has 1 amide bonds. The largest absolute Gasteiger partial charge is 0.487 e. The molecule has 1 saturated carbocycles. The molecular formula is C17H20BrN3O2. The van der Waals surface area contributed by atoms with Gasteiger partial charge in [0, 0.05) is 23.5 Å². The molecule has 122 valence electrons. The Morgan fingerprint density at radius 3 is 2.70 bits per heavy atom. The summed E-state index contributed by atoms with van der Waals surface area (Å²) < 4.78 is 7.33. The number of amides is 1. The fourth-order valence-electron chi connectivity index (χ4n) is 4.21. The van der Waals surface area contributed by atoms with Crippen molar-refractivity contribution in [3.8, 4) is 5.75 Å². The quantitative estimate of drug-likeness (QED) is 0.755. The van der Waals surface area contributed by atoms with Crippen molar-refractivity contribution in [2.75, 3.05) is 7.05 Å². The van der Waals surface area contributed by atoms with E-state index in [9.17, 15) is 4.79 Å². The van der Waals surface area contributed by atoms with E-state index in [4.69, 9.17) is 10.5 Å². The summed E-state index contributed by atoms with van der Waals surface area (Å²) in [7, 11) is 1.69. The molecule has 0 saturated heterocycles. The normalized spacial score (nSPS) is 28.7. The molecule has 2 N–H and O–H groups in total. The zero-order valence-electron chi connectivity index (χ0n) is 13.1. The summed E-state index contributed by atoms with van der Waals surface area (Å²) in [6.07, 6.45) is 6.00. The van der Waals surface area contributed by atoms with E-state index in [1.807, 2.05) is 18.2 Å². The fourth-order valence-corrected chi connectivity index (χ4v) is 4.57. The zero-order valence-corrected chi connectivity index (χ0v) is 14.7. The van der Waals surface area contributed by atoms with Crippen molar-refractivity contribution < 1.29 is 9.53 Å².